The average Bonchev–Trinajstić information content (AvgIpc) is 3.34. The van der Waals surface area contributed by atoms with Gasteiger partial charge in [0.25, 0.3) is 5.91 Å². The van der Waals surface area contributed by atoms with Crippen LogP contribution in [0.3, 0.4) is 0 Å². The molecule has 1 aromatic heterocycles. The average molecular weight is 490 g/mol. The van der Waals surface area contributed by atoms with Crippen LogP contribution in [0.15, 0.2) is 48.7 Å². The van der Waals surface area contributed by atoms with Gasteiger partial charge in [0.2, 0.25) is 0 Å². The van der Waals surface area contributed by atoms with E-state index in [0.717, 1.165) is 35.5 Å². The van der Waals surface area contributed by atoms with E-state index in [9.17, 15) is 18.0 Å². The number of carbonyl (C=O) groups excluding carboxylic acids is 1. The first kappa shape index (κ1) is 24.4. The molecule has 0 unspecified atom stereocenters. The SMILES string of the molecule is C[C@@H](NC(=O)c1cnc(C2CCOCC2)s1)c1ccc(-c2cc(C(F)(F)F)ccc2CN)cc1. The summed E-state index contributed by atoms with van der Waals surface area (Å²) < 4.78 is 44.9. The summed E-state index contributed by atoms with van der Waals surface area (Å²) in [5.41, 5.74) is 7.59. The Kier molecular flexibility index (Phi) is 7.35. The largest absolute Gasteiger partial charge is 0.416 e. The lowest BCUT2D eigenvalue weighted by molar-refractivity contribution is -0.137. The number of nitrogens with one attached hydrogen (secondary N) is 1. The van der Waals surface area contributed by atoms with Gasteiger partial charge >= 0.3 is 6.18 Å². The van der Waals surface area contributed by atoms with Crippen molar-refractivity contribution in [2.75, 3.05) is 13.2 Å². The highest BCUT2D eigenvalue weighted by molar-refractivity contribution is 7.13. The molecule has 0 radical (unpaired) electrons. The topological polar surface area (TPSA) is 77.2 Å². The fourth-order valence-electron chi connectivity index (χ4n) is 4.03. The van der Waals surface area contributed by atoms with Crippen LogP contribution in [-0.4, -0.2) is 24.1 Å². The Morgan fingerprint density at radius 3 is 2.56 bits per heavy atom. The van der Waals surface area contributed by atoms with E-state index in [1.807, 2.05) is 6.92 Å². The monoisotopic (exact) mass is 489 g/mol. The third kappa shape index (κ3) is 5.48. The maximum Gasteiger partial charge on any atom is 0.416 e. The molecule has 0 spiro atoms. The maximum absolute atomic E-state index is 13.2. The molecule has 1 atom stereocenters. The van der Waals surface area contributed by atoms with E-state index in [-0.39, 0.29) is 18.5 Å². The number of rotatable bonds is 6. The number of thiazole rings is 1. The summed E-state index contributed by atoms with van der Waals surface area (Å²) in [4.78, 5) is 17.7. The molecule has 3 N–H and O–H groups in total. The van der Waals surface area contributed by atoms with Crippen molar-refractivity contribution < 1.29 is 22.7 Å². The van der Waals surface area contributed by atoms with Gasteiger partial charge in [0.15, 0.2) is 0 Å². The Morgan fingerprint density at radius 1 is 1.21 bits per heavy atom. The van der Waals surface area contributed by atoms with Gasteiger partial charge in [0, 0.05) is 25.7 Å². The first-order valence-electron chi connectivity index (χ1n) is 11.1. The molecule has 34 heavy (non-hydrogen) atoms. The highest BCUT2D eigenvalue weighted by Crippen LogP contribution is 2.34. The van der Waals surface area contributed by atoms with Crippen LogP contribution in [0.1, 0.15) is 63.1 Å². The van der Waals surface area contributed by atoms with Gasteiger partial charge in [-0.05, 0) is 54.2 Å². The van der Waals surface area contributed by atoms with Crippen molar-refractivity contribution in [3.8, 4) is 11.1 Å². The second-order valence-corrected chi connectivity index (χ2v) is 9.40. The number of ether oxygens (including phenoxy) is 1. The van der Waals surface area contributed by atoms with Crippen LogP contribution in [-0.2, 0) is 17.5 Å². The number of hydrogen-bond acceptors (Lipinski definition) is 5. The second kappa shape index (κ2) is 10.2. The number of amides is 1. The predicted molar refractivity (Wildman–Crippen MR) is 126 cm³/mol. The molecule has 1 saturated heterocycles. The lowest BCUT2D eigenvalue weighted by Gasteiger charge is -2.19. The summed E-state index contributed by atoms with van der Waals surface area (Å²) in [5, 5.41) is 3.94. The fraction of sp³-hybridized carbons (Fsp3) is 0.360. The number of nitrogens with zero attached hydrogens (tertiary/aromatic N) is 1. The zero-order valence-corrected chi connectivity index (χ0v) is 19.5. The van der Waals surface area contributed by atoms with Crippen molar-refractivity contribution in [1.82, 2.24) is 10.3 Å². The standard InChI is InChI=1S/C25H26F3N3O2S/c1-15(31-23(32)22-14-30-24(34-22)18-8-10-33-11-9-18)16-2-4-17(5-3-16)21-12-20(25(26,27)28)7-6-19(21)13-29/h2-7,12,14-15,18H,8-11,13,29H2,1H3,(H,31,32)/t15-/m1/s1. The molecular weight excluding hydrogens is 463 g/mol. The number of nitrogens with two attached hydrogens (primary N) is 1. The Morgan fingerprint density at radius 2 is 1.91 bits per heavy atom. The zero-order valence-electron chi connectivity index (χ0n) is 18.7. The van der Waals surface area contributed by atoms with Gasteiger partial charge in [0.05, 0.1) is 22.8 Å². The number of benzene rings is 2. The van der Waals surface area contributed by atoms with E-state index >= 15 is 0 Å². The quantitative estimate of drug-likeness (QED) is 0.468. The molecule has 5 nitrogen and oxygen atoms in total. The van der Waals surface area contributed by atoms with E-state index in [1.165, 1.54) is 17.4 Å². The van der Waals surface area contributed by atoms with Crippen LogP contribution in [0.25, 0.3) is 11.1 Å². The van der Waals surface area contributed by atoms with Gasteiger partial charge in [-0.15, -0.1) is 11.3 Å². The molecule has 9 heteroatoms. The summed E-state index contributed by atoms with van der Waals surface area (Å²) in [7, 11) is 0. The minimum atomic E-state index is -4.43. The second-order valence-electron chi connectivity index (χ2n) is 8.34. The Hall–Kier alpha value is -2.75. The van der Waals surface area contributed by atoms with Crippen LogP contribution in [0.5, 0.6) is 0 Å². The van der Waals surface area contributed by atoms with Gasteiger partial charge in [-0.25, -0.2) is 4.98 Å². The van der Waals surface area contributed by atoms with Gasteiger partial charge in [0.1, 0.15) is 4.88 Å². The van der Waals surface area contributed by atoms with Gasteiger partial charge in [-0.3, -0.25) is 4.79 Å². The van der Waals surface area contributed by atoms with Crippen molar-refractivity contribution in [1.29, 1.82) is 0 Å². The highest BCUT2D eigenvalue weighted by Gasteiger charge is 2.31. The molecule has 0 aliphatic carbocycles. The number of aromatic nitrogens is 1. The molecule has 1 aliphatic heterocycles. The lowest BCUT2D eigenvalue weighted by Crippen LogP contribution is -2.25. The molecule has 1 fully saturated rings. The summed E-state index contributed by atoms with van der Waals surface area (Å²) in [6.45, 7) is 3.42. The molecule has 3 aromatic rings. The van der Waals surface area contributed by atoms with E-state index in [2.05, 4.69) is 10.3 Å². The van der Waals surface area contributed by atoms with E-state index in [4.69, 9.17) is 10.5 Å². The van der Waals surface area contributed by atoms with Crippen LogP contribution >= 0.6 is 11.3 Å². The number of halogens is 3. The first-order chi connectivity index (χ1) is 16.3. The molecule has 0 saturated carbocycles. The number of carbonyl (C=O) groups is 1. The van der Waals surface area contributed by atoms with Gasteiger partial charge < -0.3 is 15.8 Å². The summed E-state index contributed by atoms with van der Waals surface area (Å²) in [6, 6.07) is 10.4. The van der Waals surface area contributed by atoms with E-state index in [1.54, 1.807) is 30.5 Å². The number of alkyl halides is 3. The normalized spacial score (nSPS) is 15.8. The molecule has 180 valence electrons. The number of hydrogen-bond donors (Lipinski definition) is 2. The Balaban J connectivity index is 1.46. The van der Waals surface area contributed by atoms with Gasteiger partial charge in [-0.1, -0.05) is 30.3 Å². The fourth-order valence-corrected chi connectivity index (χ4v) is 5.02. The van der Waals surface area contributed by atoms with Crippen LogP contribution < -0.4 is 11.1 Å². The highest BCUT2D eigenvalue weighted by atomic mass is 32.1. The Bertz CT molecular complexity index is 1140. The summed E-state index contributed by atoms with van der Waals surface area (Å²) in [5.74, 6) is 0.134. The molecule has 2 heterocycles. The third-order valence-corrected chi connectivity index (χ3v) is 7.20. The molecule has 1 amide bonds. The van der Waals surface area contributed by atoms with Crippen molar-refractivity contribution in [3.05, 3.63) is 75.2 Å². The maximum atomic E-state index is 13.2. The zero-order chi connectivity index (χ0) is 24.3. The van der Waals surface area contributed by atoms with Crippen LogP contribution in [0.4, 0.5) is 13.2 Å². The Labute approximate surface area is 200 Å². The summed E-state index contributed by atoms with van der Waals surface area (Å²) in [6.07, 6.45) is -0.991. The van der Waals surface area contributed by atoms with Crippen molar-refractivity contribution >= 4 is 17.2 Å². The van der Waals surface area contributed by atoms with Crippen LogP contribution in [0.2, 0.25) is 0 Å². The van der Waals surface area contributed by atoms with Crippen molar-refractivity contribution in [2.24, 2.45) is 5.73 Å². The molecule has 2 aromatic carbocycles. The minimum Gasteiger partial charge on any atom is -0.381 e. The van der Waals surface area contributed by atoms with Crippen molar-refractivity contribution in [2.45, 2.75) is 44.4 Å². The van der Waals surface area contributed by atoms with E-state index < -0.39 is 11.7 Å². The van der Waals surface area contributed by atoms with Gasteiger partial charge in [-0.2, -0.15) is 13.2 Å². The van der Waals surface area contributed by atoms with Crippen LogP contribution in [0, 0.1) is 0 Å². The smallest absolute Gasteiger partial charge is 0.381 e. The molecule has 0 bridgehead atoms. The molecule has 4 rings (SSSR count). The van der Waals surface area contributed by atoms with E-state index in [0.29, 0.717) is 40.7 Å². The molecule has 1 aliphatic rings. The molecular formula is C25H26F3N3O2S. The first-order valence-corrected chi connectivity index (χ1v) is 11.9. The minimum absolute atomic E-state index is 0.131. The predicted octanol–water partition coefficient (Wildman–Crippen LogP) is 5.67. The lowest BCUT2D eigenvalue weighted by atomic mass is 9.95. The third-order valence-electron chi connectivity index (χ3n) is 6.04. The summed E-state index contributed by atoms with van der Waals surface area (Å²) >= 11 is 1.41. The van der Waals surface area contributed by atoms with Crippen molar-refractivity contribution in [3.63, 3.8) is 0 Å².